The largest absolute Gasteiger partial charge is 0.382 e. The molecule has 0 saturated heterocycles. The highest BCUT2D eigenvalue weighted by Crippen LogP contribution is 2.40. The van der Waals surface area contributed by atoms with E-state index in [2.05, 4.69) is 11.1 Å². The molecule has 3 aromatic rings. The number of benzene rings is 2. The number of anilines is 1. The third-order valence-corrected chi connectivity index (χ3v) is 7.07. The molecule has 7 heteroatoms. The van der Waals surface area contributed by atoms with Gasteiger partial charge in [-0.15, -0.1) is 0 Å². The minimum Gasteiger partial charge on any atom is -0.382 e. The summed E-state index contributed by atoms with van der Waals surface area (Å²) < 4.78 is 31.3. The van der Waals surface area contributed by atoms with Crippen molar-refractivity contribution in [3.05, 3.63) is 53.2 Å². The first-order valence-corrected chi connectivity index (χ1v) is 12.6. The molecule has 0 radical (unpaired) electrons. The Morgan fingerprint density at radius 1 is 1.08 bits per heavy atom. The maximum atomic E-state index is 15.2. The molecule has 0 spiro atoms. The van der Waals surface area contributed by atoms with Crippen molar-refractivity contribution in [2.45, 2.75) is 64.8 Å². The summed E-state index contributed by atoms with van der Waals surface area (Å²) in [5.74, 6) is -0.927. The van der Waals surface area contributed by atoms with Crippen molar-refractivity contribution in [3.8, 4) is 11.1 Å². The summed E-state index contributed by atoms with van der Waals surface area (Å²) in [7, 11) is 3.37. The monoisotopic (exact) mass is 497 g/mol. The van der Waals surface area contributed by atoms with Gasteiger partial charge in [0.2, 0.25) is 0 Å². The molecule has 0 amide bonds. The van der Waals surface area contributed by atoms with Gasteiger partial charge in [0.15, 0.2) is 6.29 Å². The van der Waals surface area contributed by atoms with Crippen molar-refractivity contribution in [3.63, 3.8) is 0 Å². The second-order valence-corrected chi connectivity index (χ2v) is 10.3. The van der Waals surface area contributed by atoms with Crippen LogP contribution in [0.3, 0.4) is 0 Å². The van der Waals surface area contributed by atoms with E-state index in [9.17, 15) is 14.0 Å². The smallest absolute Gasteiger partial charge is 0.155 e. The first kappa shape index (κ1) is 27.5. The predicted molar refractivity (Wildman–Crippen MR) is 142 cm³/mol. The van der Waals surface area contributed by atoms with Crippen LogP contribution in [0.5, 0.6) is 0 Å². The van der Waals surface area contributed by atoms with Gasteiger partial charge in [0.25, 0.3) is 0 Å². The Labute approximate surface area is 212 Å². The Kier molecular flexibility index (Phi) is 9.01. The van der Waals surface area contributed by atoms with Crippen LogP contribution in [0.4, 0.5) is 14.5 Å². The Hall–Kier alpha value is -3.06. The molecular weight excluding hydrogens is 460 g/mol. The molecule has 0 unspecified atom stereocenters. The number of carbonyl (C=O) groups is 2. The number of aryl methyl sites for hydroxylation is 1. The fourth-order valence-electron chi connectivity index (χ4n) is 5.21. The minimum absolute atomic E-state index is 0.0310. The molecule has 1 aromatic heterocycles. The van der Waals surface area contributed by atoms with Crippen molar-refractivity contribution in [1.82, 2.24) is 4.57 Å². The van der Waals surface area contributed by atoms with Gasteiger partial charge in [0.05, 0.1) is 11.1 Å². The summed E-state index contributed by atoms with van der Waals surface area (Å²) in [4.78, 5) is 23.0. The zero-order chi connectivity index (χ0) is 26.5. The Bertz CT molecular complexity index is 1230. The average molecular weight is 498 g/mol. The molecule has 0 bridgehead atoms. The third kappa shape index (κ3) is 5.84. The highest BCUT2D eigenvalue weighted by atomic mass is 19.1. The molecule has 4 rings (SSSR count). The molecule has 1 saturated carbocycles. The highest BCUT2D eigenvalue weighted by molar-refractivity contribution is 6.00. The number of nitrogens with two attached hydrogens (primary N) is 1. The lowest BCUT2D eigenvalue weighted by atomic mass is 9.83. The molecule has 2 aromatic carbocycles. The number of hydrogen-bond acceptors (Lipinski definition) is 4. The van der Waals surface area contributed by atoms with Gasteiger partial charge in [-0.3, -0.25) is 4.79 Å². The van der Waals surface area contributed by atoms with Gasteiger partial charge in [-0.2, -0.15) is 0 Å². The van der Waals surface area contributed by atoms with Gasteiger partial charge >= 0.3 is 0 Å². The van der Waals surface area contributed by atoms with Crippen molar-refractivity contribution in [1.29, 1.82) is 0 Å². The van der Waals surface area contributed by atoms with Gasteiger partial charge in [0, 0.05) is 41.8 Å². The summed E-state index contributed by atoms with van der Waals surface area (Å²) >= 11 is 0. The Morgan fingerprint density at radius 2 is 1.78 bits per heavy atom. The van der Waals surface area contributed by atoms with Gasteiger partial charge in [-0.05, 0) is 67.6 Å². The lowest BCUT2D eigenvalue weighted by Crippen LogP contribution is -2.23. The maximum Gasteiger partial charge on any atom is 0.155 e. The van der Waals surface area contributed by atoms with Crippen LogP contribution in [-0.2, 0) is 18.3 Å². The van der Waals surface area contributed by atoms with Crippen LogP contribution >= 0.6 is 0 Å². The van der Waals surface area contributed by atoms with E-state index in [1.165, 1.54) is 31.7 Å². The summed E-state index contributed by atoms with van der Waals surface area (Å²) in [6.07, 6.45) is 7.79. The molecule has 0 aliphatic heterocycles. The zero-order valence-corrected chi connectivity index (χ0v) is 21.7. The van der Waals surface area contributed by atoms with E-state index in [0.29, 0.717) is 35.9 Å². The second kappa shape index (κ2) is 11.8. The fourth-order valence-corrected chi connectivity index (χ4v) is 5.21. The van der Waals surface area contributed by atoms with Gasteiger partial charge in [-0.1, -0.05) is 33.1 Å². The van der Waals surface area contributed by atoms with Gasteiger partial charge in [-0.25, -0.2) is 8.78 Å². The molecule has 1 aliphatic rings. The highest BCUT2D eigenvalue weighted by Gasteiger charge is 2.26. The number of nitrogens with zero attached hydrogens (tertiary/aromatic N) is 1. The van der Waals surface area contributed by atoms with Crippen LogP contribution in [0, 0.1) is 17.0 Å². The fraction of sp³-hybridized carbons (Fsp3) is 0.448. The number of aromatic nitrogens is 1. The lowest BCUT2D eigenvalue weighted by molar-refractivity contribution is -0.109. The van der Waals surface area contributed by atoms with E-state index in [1.54, 1.807) is 6.07 Å². The molecule has 5 nitrogen and oxygen atoms in total. The summed E-state index contributed by atoms with van der Waals surface area (Å²) in [5, 5.41) is 4.23. The number of nitrogens with one attached hydrogen (secondary N) is 1. The van der Waals surface area contributed by atoms with Crippen molar-refractivity contribution < 1.29 is 18.4 Å². The first-order valence-electron chi connectivity index (χ1n) is 12.6. The zero-order valence-electron chi connectivity index (χ0n) is 21.7. The summed E-state index contributed by atoms with van der Waals surface area (Å²) in [5.41, 5.74) is 7.73. The van der Waals surface area contributed by atoms with Crippen LogP contribution in [0.2, 0.25) is 0 Å². The van der Waals surface area contributed by atoms with Crippen LogP contribution < -0.4 is 11.1 Å². The predicted octanol–water partition coefficient (Wildman–Crippen LogP) is 6.41. The summed E-state index contributed by atoms with van der Waals surface area (Å²) in [6.45, 7) is 4.02. The van der Waals surface area contributed by atoms with Crippen LogP contribution in [0.1, 0.15) is 68.4 Å². The van der Waals surface area contributed by atoms with E-state index in [-0.39, 0.29) is 22.8 Å². The summed E-state index contributed by atoms with van der Waals surface area (Å²) in [6, 6.07) is 8.04. The average Bonchev–Trinajstić information content (AvgIpc) is 3.11. The number of fused-ring (bicyclic) bond motifs is 1. The number of aldehydes is 2. The van der Waals surface area contributed by atoms with Crippen LogP contribution in [0.25, 0.3) is 22.0 Å². The van der Waals surface area contributed by atoms with E-state index < -0.39 is 5.82 Å². The molecule has 0 atom stereocenters. The molecule has 1 fully saturated rings. The van der Waals surface area contributed by atoms with E-state index >= 15 is 4.39 Å². The van der Waals surface area contributed by atoms with Crippen LogP contribution in [0.15, 0.2) is 30.3 Å². The number of halogens is 2. The molecule has 1 aliphatic carbocycles. The molecular formula is C29H37F2N3O2. The quantitative estimate of drug-likeness (QED) is 0.353. The molecule has 36 heavy (non-hydrogen) atoms. The van der Waals surface area contributed by atoms with E-state index in [4.69, 9.17) is 0 Å². The van der Waals surface area contributed by atoms with Crippen molar-refractivity contribution >= 4 is 29.2 Å². The third-order valence-electron chi connectivity index (χ3n) is 7.07. The minimum atomic E-state index is -0.581. The van der Waals surface area contributed by atoms with Gasteiger partial charge in [0.1, 0.15) is 17.9 Å². The second-order valence-electron chi connectivity index (χ2n) is 10.3. The van der Waals surface area contributed by atoms with Gasteiger partial charge < -0.3 is 20.4 Å². The number of carbonyl (C=O) groups excluding carboxylic acids is 2. The maximum absolute atomic E-state index is 15.2. The molecule has 194 valence electrons. The Morgan fingerprint density at radius 3 is 2.42 bits per heavy atom. The van der Waals surface area contributed by atoms with Crippen molar-refractivity contribution in [2.75, 3.05) is 12.4 Å². The van der Waals surface area contributed by atoms with E-state index in [1.807, 2.05) is 31.5 Å². The molecule has 3 N–H and O–H groups in total. The lowest BCUT2D eigenvalue weighted by Gasteiger charge is -2.25. The van der Waals surface area contributed by atoms with Crippen LogP contribution in [-0.4, -0.2) is 30.2 Å². The normalized spacial score (nSPS) is 14.3. The van der Waals surface area contributed by atoms with E-state index in [0.717, 1.165) is 48.6 Å². The molecule has 1 heterocycles. The number of rotatable bonds is 8. The SMILES string of the molecule is CN.Cn1c(CC(C)(C)CC=O)c(-c2cc(F)c(C=O)c(NC3CCCCC3)c2)c2ccc(F)cc21. The van der Waals surface area contributed by atoms with Crippen molar-refractivity contribution in [2.24, 2.45) is 18.2 Å². The first-order chi connectivity index (χ1) is 17.2. The number of hydrogen-bond donors (Lipinski definition) is 2. The topological polar surface area (TPSA) is 77.1 Å². The standard InChI is InChI=1S/C28H32F2N2O2.CH5N/c1-28(2,11-12-33)16-26-27(21-10-9-19(29)15-25(21)32(26)3)18-13-23(30)22(17-34)24(14-18)31-20-7-5-4-6-8-20;1-2/h9-10,12-15,17,20,31H,4-8,11,16H2,1-3H3;2H2,1H3. The Balaban J connectivity index is 0.00000176.